The zero-order chi connectivity index (χ0) is 16.3. The van der Waals surface area contributed by atoms with Crippen molar-refractivity contribution in [2.24, 2.45) is 5.73 Å². The van der Waals surface area contributed by atoms with Gasteiger partial charge in [0.15, 0.2) is 0 Å². The van der Waals surface area contributed by atoms with E-state index in [-0.39, 0.29) is 12.3 Å². The lowest BCUT2D eigenvalue weighted by Gasteiger charge is -2.03. The largest absolute Gasteiger partial charge is 0.369 e. The molecule has 1 amide bonds. The molecule has 2 N–H and O–H groups in total. The van der Waals surface area contributed by atoms with Gasteiger partial charge in [0.05, 0.1) is 6.42 Å². The van der Waals surface area contributed by atoms with Crippen molar-refractivity contribution >= 4 is 17.5 Å². The summed E-state index contributed by atoms with van der Waals surface area (Å²) < 4.78 is 0. The number of nitrogens with two attached hydrogens (primary N) is 1. The molecule has 0 bridgehead atoms. The quantitative estimate of drug-likeness (QED) is 0.843. The van der Waals surface area contributed by atoms with Gasteiger partial charge in [-0.05, 0) is 28.8 Å². The van der Waals surface area contributed by atoms with Crippen LogP contribution >= 0.6 is 11.6 Å². The fourth-order valence-corrected chi connectivity index (χ4v) is 1.78. The SMILES string of the molecule is CC.CC.NC(=O)Cc1ccc(-c2ccc(Cl)cc2)cc1. The average Bonchev–Trinajstić information content (AvgIpc) is 2.52. The molecule has 0 saturated heterocycles. The predicted octanol–water partition coefficient (Wildman–Crippen LogP) is 5.09. The Morgan fingerprint density at radius 1 is 0.857 bits per heavy atom. The monoisotopic (exact) mass is 305 g/mol. The van der Waals surface area contributed by atoms with Crippen LogP contribution in [0.3, 0.4) is 0 Å². The maximum Gasteiger partial charge on any atom is 0.221 e. The highest BCUT2D eigenvalue weighted by atomic mass is 35.5. The summed E-state index contributed by atoms with van der Waals surface area (Å²) in [5, 5.41) is 0.721. The van der Waals surface area contributed by atoms with Gasteiger partial charge in [0, 0.05) is 5.02 Å². The number of benzene rings is 2. The van der Waals surface area contributed by atoms with Gasteiger partial charge in [0.25, 0.3) is 0 Å². The van der Waals surface area contributed by atoms with E-state index in [1.54, 1.807) is 0 Å². The highest BCUT2D eigenvalue weighted by Gasteiger charge is 2.00. The van der Waals surface area contributed by atoms with E-state index in [4.69, 9.17) is 17.3 Å². The molecule has 0 aliphatic carbocycles. The number of hydrogen-bond acceptors (Lipinski definition) is 1. The highest BCUT2D eigenvalue weighted by Crippen LogP contribution is 2.21. The zero-order valence-corrected chi connectivity index (χ0v) is 13.9. The summed E-state index contributed by atoms with van der Waals surface area (Å²) in [6, 6.07) is 15.4. The van der Waals surface area contributed by atoms with Crippen LogP contribution in [0.4, 0.5) is 0 Å². The van der Waals surface area contributed by atoms with Crippen molar-refractivity contribution in [1.29, 1.82) is 0 Å². The van der Waals surface area contributed by atoms with Crippen LogP contribution in [-0.2, 0) is 11.2 Å². The summed E-state index contributed by atoms with van der Waals surface area (Å²) in [4.78, 5) is 10.8. The summed E-state index contributed by atoms with van der Waals surface area (Å²) in [6.45, 7) is 8.00. The van der Waals surface area contributed by atoms with Crippen LogP contribution in [0.5, 0.6) is 0 Å². The first kappa shape index (κ1) is 19.2. The van der Waals surface area contributed by atoms with Crippen LogP contribution in [0, 0.1) is 0 Å². The summed E-state index contributed by atoms with van der Waals surface area (Å²) in [6.07, 6.45) is 0.279. The highest BCUT2D eigenvalue weighted by molar-refractivity contribution is 6.30. The summed E-state index contributed by atoms with van der Waals surface area (Å²) >= 11 is 5.83. The summed E-state index contributed by atoms with van der Waals surface area (Å²) in [7, 11) is 0. The third-order valence-electron chi connectivity index (χ3n) is 2.51. The Morgan fingerprint density at radius 2 is 1.24 bits per heavy atom. The fourth-order valence-electron chi connectivity index (χ4n) is 1.66. The van der Waals surface area contributed by atoms with Crippen molar-refractivity contribution in [3.63, 3.8) is 0 Å². The molecule has 0 aliphatic rings. The first-order valence-electron chi connectivity index (χ1n) is 7.28. The molecule has 114 valence electrons. The standard InChI is InChI=1S/C14H12ClNO.2C2H6/c15-13-7-5-12(6-8-13)11-3-1-10(2-4-11)9-14(16)17;2*1-2/h1-8H,9H2,(H2,16,17);2*1-2H3. The molecular formula is C18H24ClNO. The molecule has 0 fully saturated rings. The molecular weight excluding hydrogens is 282 g/mol. The third kappa shape index (κ3) is 6.96. The third-order valence-corrected chi connectivity index (χ3v) is 2.76. The number of rotatable bonds is 3. The van der Waals surface area contributed by atoms with E-state index < -0.39 is 0 Å². The lowest BCUT2D eigenvalue weighted by Crippen LogP contribution is -2.13. The van der Waals surface area contributed by atoms with Crippen molar-refractivity contribution < 1.29 is 4.79 Å². The minimum absolute atomic E-state index is 0.279. The van der Waals surface area contributed by atoms with E-state index in [1.165, 1.54) is 0 Å². The minimum atomic E-state index is -0.316. The Kier molecular flexibility index (Phi) is 9.99. The van der Waals surface area contributed by atoms with E-state index >= 15 is 0 Å². The van der Waals surface area contributed by atoms with Crippen molar-refractivity contribution in [2.45, 2.75) is 34.1 Å². The molecule has 0 unspecified atom stereocenters. The number of primary amides is 1. The van der Waals surface area contributed by atoms with E-state index in [2.05, 4.69) is 0 Å². The number of amides is 1. The minimum Gasteiger partial charge on any atom is -0.369 e. The Balaban J connectivity index is 0.000000921. The van der Waals surface area contributed by atoms with Gasteiger partial charge in [-0.1, -0.05) is 75.7 Å². The number of hydrogen-bond donors (Lipinski definition) is 1. The molecule has 0 atom stereocenters. The second-order valence-corrected chi connectivity index (χ2v) is 4.28. The Labute approximate surface area is 132 Å². The number of carbonyl (C=O) groups excluding carboxylic acids is 1. The van der Waals surface area contributed by atoms with Gasteiger partial charge >= 0.3 is 0 Å². The first-order chi connectivity index (χ1) is 10.1. The second-order valence-electron chi connectivity index (χ2n) is 3.85. The van der Waals surface area contributed by atoms with Crippen molar-refractivity contribution in [3.05, 3.63) is 59.1 Å². The van der Waals surface area contributed by atoms with Crippen LogP contribution < -0.4 is 5.73 Å². The summed E-state index contributed by atoms with van der Waals surface area (Å²) in [5.74, 6) is -0.316. The van der Waals surface area contributed by atoms with Crippen LogP contribution in [0.2, 0.25) is 5.02 Å². The van der Waals surface area contributed by atoms with E-state index in [9.17, 15) is 4.79 Å². The Morgan fingerprint density at radius 3 is 1.62 bits per heavy atom. The molecule has 0 spiro atoms. The second kappa shape index (κ2) is 10.9. The molecule has 0 aliphatic heterocycles. The summed E-state index contributed by atoms with van der Waals surface area (Å²) in [5.41, 5.74) is 8.25. The van der Waals surface area contributed by atoms with Crippen LogP contribution in [0.15, 0.2) is 48.5 Å². The molecule has 2 nitrogen and oxygen atoms in total. The van der Waals surface area contributed by atoms with Gasteiger partial charge in [0.2, 0.25) is 5.91 Å². The molecule has 2 aromatic rings. The normalized spacial score (nSPS) is 8.81. The Hall–Kier alpha value is -1.80. The molecule has 0 radical (unpaired) electrons. The van der Waals surface area contributed by atoms with Gasteiger partial charge in [-0.25, -0.2) is 0 Å². The average molecular weight is 306 g/mol. The maximum atomic E-state index is 10.8. The van der Waals surface area contributed by atoms with Crippen molar-refractivity contribution in [2.75, 3.05) is 0 Å². The molecule has 0 aromatic heterocycles. The van der Waals surface area contributed by atoms with Crippen LogP contribution in [-0.4, -0.2) is 5.91 Å². The van der Waals surface area contributed by atoms with Crippen LogP contribution in [0.25, 0.3) is 11.1 Å². The molecule has 2 rings (SSSR count). The number of carbonyl (C=O) groups is 1. The first-order valence-corrected chi connectivity index (χ1v) is 7.66. The van der Waals surface area contributed by atoms with Gasteiger partial charge in [-0.2, -0.15) is 0 Å². The molecule has 0 heterocycles. The van der Waals surface area contributed by atoms with Gasteiger partial charge in [0.1, 0.15) is 0 Å². The predicted molar refractivity (Wildman–Crippen MR) is 92.5 cm³/mol. The van der Waals surface area contributed by atoms with Crippen molar-refractivity contribution in [3.8, 4) is 11.1 Å². The van der Waals surface area contributed by atoms with Gasteiger partial charge < -0.3 is 5.73 Å². The fraction of sp³-hybridized carbons (Fsp3) is 0.278. The molecule has 3 heteroatoms. The smallest absolute Gasteiger partial charge is 0.221 e. The van der Waals surface area contributed by atoms with E-state index in [1.807, 2.05) is 76.2 Å². The van der Waals surface area contributed by atoms with E-state index in [0.29, 0.717) is 0 Å². The Bertz CT molecular complexity index is 518. The van der Waals surface area contributed by atoms with Crippen molar-refractivity contribution in [1.82, 2.24) is 0 Å². The van der Waals surface area contributed by atoms with Crippen LogP contribution in [0.1, 0.15) is 33.3 Å². The molecule has 21 heavy (non-hydrogen) atoms. The lowest BCUT2D eigenvalue weighted by molar-refractivity contribution is -0.117. The molecule has 2 aromatic carbocycles. The van der Waals surface area contributed by atoms with E-state index in [0.717, 1.165) is 21.7 Å². The lowest BCUT2D eigenvalue weighted by atomic mass is 10.0. The molecule has 0 saturated carbocycles. The topological polar surface area (TPSA) is 43.1 Å². The maximum absolute atomic E-state index is 10.8. The number of halogens is 1. The zero-order valence-electron chi connectivity index (χ0n) is 13.2. The van der Waals surface area contributed by atoms with Gasteiger partial charge in [-0.15, -0.1) is 0 Å². The van der Waals surface area contributed by atoms with Gasteiger partial charge in [-0.3, -0.25) is 4.79 Å².